The number of methoxy groups -OCH3 is 1. The van der Waals surface area contributed by atoms with Crippen molar-refractivity contribution in [2.75, 3.05) is 33.9 Å². The van der Waals surface area contributed by atoms with Crippen molar-refractivity contribution in [3.63, 3.8) is 0 Å². The number of rotatable bonds is 5. The Kier molecular flexibility index (Phi) is 5.28. The van der Waals surface area contributed by atoms with Crippen LogP contribution in [-0.4, -0.2) is 59.2 Å². The van der Waals surface area contributed by atoms with Crippen molar-refractivity contribution < 1.29 is 22.7 Å². The van der Waals surface area contributed by atoms with E-state index in [2.05, 4.69) is 4.72 Å². The van der Waals surface area contributed by atoms with Gasteiger partial charge >= 0.3 is 0 Å². The largest absolute Gasteiger partial charge is 0.495 e. The molecule has 9 heteroatoms. The second kappa shape index (κ2) is 6.82. The Labute approximate surface area is 134 Å². The number of amides is 1. The van der Waals surface area contributed by atoms with Gasteiger partial charge in [0.2, 0.25) is 15.9 Å². The van der Waals surface area contributed by atoms with Crippen molar-refractivity contribution in [3.8, 4) is 5.75 Å². The van der Waals surface area contributed by atoms with Crippen LogP contribution >= 0.6 is 11.6 Å². The lowest BCUT2D eigenvalue weighted by Gasteiger charge is -2.29. The van der Waals surface area contributed by atoms with E-state index >= 15 is 0 Å². The summed E-state index contributed by atoms with van der Waals surface area (Å²) in [7, 11) is -0.772. The van der Waals surface area contributed by atoms with E-state index in [1.54, 1.807) is 13.1 Å². The molecule has 1 aliphatic rings. The number of carbonyl (C=O) groups is 1. The summed E-state index contributed by atoms with van der Waals surface area (Å²) in [5, 5.41) is 0.292. The highest BCUT2D eigenvalue weighted by atomic mass is 35.5. The first-order chi connectivity index (χ1) is 10.3. The topological polar surface area (TPSA) is 84.9 Å². The number of benzene rings is 1. The molecule has 1 aromatic carbocycles. The zero-order chi connectivity index (χ0) is 16.3. The quantitative estimate of drug-likeness (QED) is 0.836. The lowest BCUT2D eigenvalue weighted by Crippen LogP contribution is -2.48. The summed E-state index contributed by atoms with van der Waals surface area (Å²) in [4.78, 5) is 12.8. The second-order valence-electron chi connectivity index (χ2n) is 4.85. The van der Waals surface area contributed by atoms with Crippen molar-refractivity contribution in [1.29, 1.82) is 0 Å². The lowest BCUT2D eigenvalue weighted by atomic mass is 10.3. The Bertz CT molecular complexity index is 664. The number of nitrogens with one attached hydrogen (secondary N) is 1. The van der Waals surface area contributed by atoms with Gasteiger partial charge in [0.25, 0.3) is 0 Å². The average Bonchev–Trinajstić information content (AvgIpc) is 2.48. The maximum atomic E-state index is 12.4. The number of halogens is 1. The molecule has 0 radical (unpaired) electrons. The first-order valence-corrected chi connectivity index (χ1v) is 8.38. The van der Waals surface area contributed by atoms with E-state index in [1.807, 2.05) is 0 Å². The molecule has 22 heavy (non-hydrogen) atoms. The summed E-state index contributed by atoms with van der Waals surface area (Å²) in [6.45, 7) is 0.326. The number of hydrogen-bond donors (Lipinski definition) is 1. The van der Waals surface area contributed by atoms with Crippen LogP contribution in [0.5, 0.6) is 5.75 Å². The maximum absolute atomic E-state index is 12.4. The first kappa shape index (κ1) is 17.0. The fourth-order valence-corrected chi connectivity index (χ4v) is 3.52. The summed E-state index contributed by atoms with van der Waals surface area (Å²) in [5.41, 5.74) is 0. The van der Waals surface area contributed by atoms with E-state index in [9.17, 15) is 13.2 Å². The molecule has 1 fully saturated rings. The van der Waals surface area contributed by atoms with E-state index in [0.717, 1.165) is 0 Å². The molecule has 1 atom stereocenters. The minimum atomic E-state index is -3.80. The molecule has 1 aliphatic heterocycles. The normalized spacial score (nSPS) is 19.3. The Hall–Kier alpha value is -1.35. The molecule has 0 aromatic heterocycles. The van der Waals surface area contributed by atoms with E-state index in [-0.39, 0.29) is 29.7 Å². The van der Waals surface area contributed by atoms with Gasteiger partial charge in [-0.15, -0.1) is 0 Å². The van der Waals surface area contributed by atoms with Crippen LogP contribution in [0.4, 0.5) is 0 Å². The molecular formula is C13H17ClN2O5S. The van der Waals surface area contributed by atoms with Crippen LogP contribution in [0, 0.1) is 0 Å². The van der Waals surface area contributed by atoms with Gasteiger partial charge in [0.1, 0.15) is 17.3 Å². The zero-order valence-electron chi connectivity index (χ0n) is 12.2. The van der Waals surface area contributed by atoms with Gasteiger partial charge in [0.05, 0.1) is 13.2 Å². The minimum Gasteiger partial charge on any atom is -0.495 e. The summed E-state index contributed by atoms with van der Waals surface area (Å²) >= 11 is 5.85. The van der Waals surface area contributed by atoms with Gasteiger partial charge in [-0.2, -0.15) is 0 Å². The first-order valence-electron chi connectivity index (χ1n) is 6.52. The number of morpholine rings is 1. The lowest BCUT2D eigenvalue weighted by molar-refractivity contribution is -0.146. The molecule has 1 N–H and O–H groups in total. The SMILES string of the molecule is COc1ccc(Cl)cc1S(=O)(=O)NCC1CN(C)C(=O)CO1. The molecular weight excluding hydrogens is 332 g/mol. The summed E-state index contributed by atoms with van der Waals surface area (Å²) in [6, 6.07) is 4.35. The summed E-state index contributed by atoms with van der Waals surface area (Å²) < 4.78 is 37.5. The minimum absolute atomic E-state index is 0.0391. The fourth-order valence-electron chi connectivity index (χ4n) is 2.02. The van der Waals surface area contributed by atoms with Gasteiger partial charge in [0.15, 0.2) is 0 Å². The monoisotopic (exact) mass is 348 g/mol. The molecule has 7 nitrogen and oxygen atoms in total. The Balaban J connectivity index is 2.09. The van der Waals surface area contributed by atoms with Crippen molar-refractivity contribution in [3.05, 3.63) is 23.2 Å². The predicted octanol–water partition coefficient (Wildman–Crippen LogP) is 0.484. The van der Waals surface area contributed by atoms with E-state index in [0.29, 0.717) is 11.6 Å². The molecule has 2 rings (SSSR count). The molecule has 1 unspecified atom stereocenters. The van der Waals surface area contributed by atoms with Gasteiger partial charge in [-0.05, 0) is 18.2 Å². The average molecular weight is 349 g/mol. The van der Waals surface area contributed by atoms with Crippen LogP contribution in [0.1, 0.15) is 0 Å². The van der Waals surface area contributed by atoms with Gasteiger partial charge in [-0.25, -0.2) is 13.1 Å². The smallest absolute Gasteiger partial charge is 0.248 e. The second-order valence-corrected chi connectivity index (χ2v) is 7.03. The van der Waals surface area contributed by atoms with Gasteiger partial charge < -0.3 is 14.4 Å². The number of likely N-dealkylation sites (N-methyl/N-ethyl adjacent to an activating group) is 1. The van der Waals surface area contributed by atoms with Crippen LogP contribution in [-0.2, 0) is 19.6 Å². The van der Waals surface area contributed by atoms with Crippen LogP contribution in [0.25, 0.3) is 0 Å². The van der Waals surface area contributed by atoms with Crippen LogP contribution in [0.3, 0.4) is 0 Å². The highest BCUT2D eigenvalue weighted by Gasteiger charge is 2.26. The van der Waals surface area contributed by atoms with Crippen molar-refractivity contribution in [2.45, 2.75) is 11.0 Å². The third-order valence-corrected chi connectivity index (χ3v) is 4.94. The van der Waals surface area contributed by atoms with E-state index in [4.69, 9.17) is 21.1 Å². The standard InChI is InChI=1S/C13H17ClN2O5S/c1-16-7-10(21-8-13(16)17)6-15-22(18,19)12-5-9(14)3-4-11(12)20-2/h3-5,10,15H,6-8H2,1-2H3. The van der Waals surface area contributed by atoms with Gasteiger partial charge in [0, 0.05) is 25.2 Å². The third kappa shape index (κ3) is 3.89. The Morgan fingerprint density at radius 1 is 1.50 bits per heavy atom. The molecule has 0 spiro atoms. The molecule has 1 aromatic rings. The van der Waals surface area contributed by atoms with Gasteiger partial charge in [-0.1, -0.05) is 11.6 Å². The van der Waals surface area contributed by atoms with E-state index < -0.39 is 16.1 Å². The molecule has 0 saturated carbocycles. The molecule has 1 amide bonds. The number of hydrogen-bond acceptors (Lipinski definition) is 5. The summed E-state index contributed by atoms with van der Waals surface area (Å²) in [5.74, 6) is 0.0735. The molecule has 0 bridgehead atoms. The molecule has 1 heterocycles. The van der Waals surface area contributed by atoms with Crippen molar-refractivity contribution >= 4 is 27.5 Å². The van der Waals surface area contributed by atoms with Crippen LogP contribution in [0.15, 0.2) is 23.1 Å². The Morgan fingerprint density at radius 3 is 2.86 bits per heavy atom. The predicted molar refractivity (Wildman–Crippen MR) is 80.6 cm³/mol. The summed E-state index contributed by atoms with van der Waals surface area (Å²) in [6.07, 6.45) is -0.400. The molecule has 122 valence electrons. The number of ether oxygens (including phenoxy) is 2. The third-order valence-electron chi connectivity index (χ3n) is 3.26. The number of nitrogens with zero attached hydrogens (tertiary/aromatic N) is 1. The highest BCUT2D eigenvalue weighted by Crippen LogP contribution is 2.26. The molecule has 1 saturated heterocycles. The van der Waals surface area contributed by atoms with Crippen LogP contribution in [0.2, 0.25) is 5.02 Å². The van der Waals surface area contributed by atoms with Gasteiger partial charge in [-0.3, -0.25) is 4.79 Å². The zero-order valence-corrected chi connectivity index (χ0v) is 13.8. The van der Waals surface area contributed by atoms with E-state index in [1.165, 1.54) is 24.1 Å². The van der Waals surface area contributed by atoms with Crippen molar-refractivity contribution in [2.24, 2.45) is 0 Å². The molecule has 0 aliphatic carbocycles. The number of carbonyl (C=O) groups excluding carboxylic acids is 1. The van der Waals surface area contributed by atoms with Crippen LogP contribution < -0.4 is 9.46 Å². The number of sulfonamides is 1. The Morgan fingerprint density at radius 2 is 2.23 bits per heavy atom. The maximum Gasteiger partial charge on any atom is 0.248 e. The highest BCUT2D eigenvalue weighted by molar-refractivity contribution is 7.89. The fraction of sp³-hybridized carbons (Fsp3) is 0.462. The van der Waals surface area contributed by atoms with Crippen molar-refractivity contribution in [1.82, 2.24) is 9.62 Å².